The summed E-state index contributed by atoms with van der Waals surface area (Å²) in [7, 11) is 1.29. The van der Waals surface area contributed by atoms with Crippen molar-refractivity contribution in [3.63, 3.8) is 0 Å². The quantitative estimate of drug-likeness (QED) is 0.408. The monoisotopic (exact) mass is 324 g/mol. The summed E-state index contributed by atoms with van der Waals surface area (Å²) in [5.74, 6) is 5.60. The van der Waals surface area contributed by atoms with Crippen molar-refractivity contribution in [2.24, 2.45) is 5.84 Å². The first-order valence-corrected chi connectivity index (χ1v) is 7.71. The molecule has 0 spiro atoms. The second-order valence-corrected chi connectivity index (χ2v) is 5.52. The average molecular weight is 324 g/mol. The number of aliphatic hydroxyl groups excluding tert-OH is 1. The van der Waals surface area contributed by atoms with Gasteiger partial charge in [-0.15, -0.1) is 0 Å². The first-order chi connectivity index (χ1) is 11.1. The number of methoxy groups -OCH3 is 1. The summed E-state index contributed by atoms with van der Waals surface area (Å²) < 4.78 is 15.9. The number of rotatable bonds is 6. The number of hydrogen-bond donors (Lipinski definition) is 3. The van der Waals surface area contributed by atoms with Crippen molar-refractivity contribution in [1.82, 2.24) is 5.43 Å². The molecular formula is C16H24N2O5. The van der Waals surface area contributed by atoms with Crippen LogP contribution in [0.15, 0.2) is 24.3 Å². The minimum Gasteiger partial charge on any atom is -0.467 e. The highest BCUT2D eigenvalue weighted by molar-refractivity contribution is 5.74. The molecule has 0 aromatic heterocycles. The Morgan fingerprint density at radius 2 is 2.13 bits per heavy atom. The summed E-state index contributed by atoms with van der Waals surface area (Å²) in [5, 5.41) is 9.86. The maximum Gasteiger partial charge on any atom is 0.335 e. The molecule has 1 aromatic rings. The van der Waals surface area contributed by atoms with Gasteiger partial charge < -0.3 is 19.3 Å². The molecule has 1 aromatic carbocycles. The molecule has 1 aliphatic rings. The van der Waals surface area contributed by atoms with E-state index in [1.54, 1.807) is 0 Å². The van der Waals surface area contributed by atoms with E-state index >= 15 is 0 Å². The zero-order chi connectivity index (χ0) is 16.8. The molecule has 4 atom stereocenters. The van der Waals surface area contributed by atoms with E-state index in [9.17, 15) is 9.90 Å². The van der Waals surface area contributed by atoms with E-state index < -0.39 is 24.5 Å². The molecular weight excluding hydrogens is 300 g/mol. The lowest BCUT2D eigenvalue weighted by Gasteiger charge is -2.31. The predicted octanol–water partition coefficient (Wildman–Crippen LogP) is 1.02. The van der Waals surface area contributed by atoms with E-state index in [4.69, 9.17) is 15.3 Å². The zero-order valence-corrected chi connectivity index (χ0v) is 13.4. The van der Waals surface area contributed by atoms with Crippen molar-refractivity contribution in [2.75, 3.05) is 7.11 Å². The minimum atomic E-state index is -0.807. The van der Waals surface area contributed by atoms with Crippen molar-refractivity contribution >= 4 is 5.97 Å². The SMILES string of the molecule is CC[C@H](NN)c1ccc(O[C@H]2C[C@@H](O)C[C@@H](C(=O)OC)O2)cc1. The van der Waals surface area contributed by atoms with Gasteiger partial charge in [-0.05, 0) is 24.1 Å². The van der Waals surface area contributed by atoms with Crippen molar-refractivity contribution in [1.29, 1.82) is 0 Å². The van der Waals surface area contributed by atoms with E-state index in [-0.39, 0.29) is 12.5 Å². The number of nitrogens with two attached hydrogens (primary N) is 1. The normalized spacial score (nSPS) is 25.7. The van der Waals surface area contributed by atoms with Crippen LogP contribution in [0, 0.1) is 0 Å². The fourth-order valence-corrected chi connectivity index (χ4v) is 2.60. The number of ether oxygens (including phenoxy) is 3. The molecule has 128 valence electrons. The Morgan fingerprint density at radius 1 is 1.43 bits per heavy atom. The second kappa shape index (κ2) is 8.26. The molecule has 0 unspecified atom stereocenters. The van der Waals surface area contributed by atoms with E-state index in [1.165, 1.54) is 7.11 Å². The summed E-state index contributed by atoms with van der Waals surface area (Å²) in [4.78, 5) is 11.6. The topological polar surface area (TPSA) is 103 Å². The smallest absolute Gasteiger partial charge is 0.335 e. The number of hydrogen-bond acceptors (Lipinski definition) is 7. The molecule has 7 heteroatoms. The Bertz CT molecular complexity index is 504. The standard InChI is InChI=1S/C16H24N2O5/c1-3-13(18-17)10-4-6-12(7-5-10)22-15-9-11(19)8-14(23-15)16(20)21-2/h4-7,11,13-15,18-19H,3,8-9,17H2,1-2H3/t11-,13-,14-,15+/m0/s1. The van der Waals surface area contributed by atoms with Crippen molar-refractivity contribution in [2.45, 2.75) is 50.7 Å². The fraction of sp³-hybridized carbons (Fsp3) is 0.562. The van der Waals surface area contributed by atoms with E-state index in [1.807, 2.05) is 31.2 Å². The molecule has 0 aliphatic carbocycles. The predicted molar refractivity (Wildman–Crippen MR) is 83.3 cm³/mol. The fourth-order valence-electron chi connectivity index (χ4n) is 2.60. The molecule has 1 fully saturated rings. The third kappa shape index (κ3) is 4.65. The summed E-state index contributed by atoms with van der Waals surface area (Å²) >= 11 is 0. The van der Waals surface area contributed by atoms with Gasteiger partial charge in [-0.25, -0.2) is 4.79 Å². The van der Waals surface area contributed by atoms with Crippen molar-refractivity contribution in [3.8, 4) is 5.75 Å². The van der Waals surface area contributed by atoms with Crippen LogP contribution in [0.1, 0.15) is 37.8 Å². The van der Waals surface area contributed by atoms with Crippen LogP contribution < -0.4 is 16.0 Å². The molecule has 1 aliphatic heterocycles. The molecule has 0 amide bonds. The van der Waals surface area contributed by atoms with Gasteiger partial charge in [0.15, 0.2) is 6.10 Å². The Balaban J connectivity index is 1.99. The third-order valence-electron chi connectivity index (χ3n) is 3.89. The van der Waals surface area contributed by atoms with Crippen LogP contribution in [0.4, 0.5) is 0 Å². The lowest BCUT2D eigenvalue weighted by Crippen LogP contribution is -2.42. The molecule has 0 bridgehead atoms. The zero-order valence-electron chi connectivity index (χ0n) is 13.4. The van der Waals surface area contributed by atoms with Gasteiger partial charge in [-0.1, -0.05) is 19.1 Å². The van der Waals surface area contributed by atoms with Gasteiger partial charge in [0, 0.05) is 18.9 Å². The summed E-state index contributed by atoms with van der Waals surface area (Å²) in [6.45, 7) is 2.04. The molecule has 0 radical (unpaired) electrons. The van der Waals surface area contributed by atoms with E-state index in [0.29, 0.717) is 12.2 Å². The minimum absolute atomic E-state index is 0.0838. The highest BCUT2D eigenvalue weighted by Gasteiger charge is 2.34. The summed E-state index contributed by atoms with van der Waals surface area (Å²) in [5.41, 5.74) is 3.80. The Kier molecular flexibility index (Phi) is 6.35. The van der Waals surface area contributed by atoms with Gasteiger partial charge in [-0.3, -0.25) is 11.3 Å². The maximum absolute atomic E-state index is 11.6. The van der Waals surface area contributed by atoms with Crippen LogP contribution in [-0.4, -0.2) is 36.7 Å². The van der Waals surface area contributed by atoms with E-state index in [0.717, 1.165) is 12.0 Å². The number of esters is 1. The maximum atomic E-state index is 11.6. The molecule has 23 heavy (non-hydrogen) atoms. The average Bonchev–Trinajstić information content (AvgIpc) is 2.56. The van der Waals surface area contributed by atoms with Crippen LogP contribution in [0.5, 0.6) is 5.75 Å². The van der Waals surface area contributed by atoms with Crippen molar-refractivity contribution < 1.29 is 24.1 Å². The van der Waals surface area contributed by atoms with Gasteiger partial charge in [-0.2, -0.15) is 0 Å². The molecule has 0 saturated carbocycles. The van der Waals surface area contributed by atoms with E-state index in [2.05, 4.69) is 10.2 Å². The van der Waals surface area contributed by atoms with Crippen LogP contribution in [0.3, 0.4) is 0 Å². The number of benzene rings is 1. The lowest BCUT2D eigenvalue weighted by atomic mass is 10.0. The first-order valence-electron chi connectivity index (χ1n) is 7.71. The number of nitrogens with one attached hydrogen (secondary N) is 1. The number of hydrazine groups is 1. The van der Waals surface area contributed by atoms with Crippen molar-refractivity contribution in [3.05, 3.63) is 29.8 Å². The Hall–Kier alpha value is -1.67. The number of aliphatic hydroxyl groups is 1. The molecule has 4 N–H and O–H groups in total. The largest absolute Gasteiger partial charge is 0.467 e. The molecule has 2 rings (SSSR count). The van der Waals surface area contributed by atoms with Crippen LogP contribution in [-0.2, 0) is 14.3 Å². The second-order valence-electron chi connectivity index (χ2n) is 5.52. The molecule has 1 heterocycles. The van der Waals surface area contributed by atoms with Gasteiger partial charge in [0.2, 0.25) is 6.29 Å². The Morgan fingerprint density at radius 3 is 2.70 bits per heavy atom. The van der Waals surface area contributed by atoms with Gasteiger partial charge >= 0.3 is 5.97 Å². The molecule has 7 nitrogen and oxygen atoms in total. The number of carbonyl (C=O) groups excluding carboxylic acids is 1. The third-order valence-corrected chi connectivity index (χ3v) is 3.89. The lowest BCUT2D eigenvalue weighted by molar-refractivity contribution is -0.197. The van der Waals surface area contributed by atoms with Gasteiger partial charge in [0.25, 0.3) is 0 Å². The van der Waals surface area contributed by atoms with Crippen LogP contribution in [0.25, 0.3) is 0 Å². The number of carbonyl (C=O) groups is 1. The Labute approximate surface area is 135 Å². The first kappa shape index (κ1) is 17.7. The summed E-state index contributed by atoms with van der Waals surface area (Å²) in [6, 6.07) is 7.54. The van der Waals surface area contributed by atoms with Crippen LogP contribution >= 0.6 is 0 Å². The summed E-state index contributed by atoms with van der Waals surface area (Å²) in [6.07, 6.45) is -0.774. The highest BCUT2D eigenvalue weighted by Crippen LogP contribution is 2.25. The van der Waals surface area contributed by atoms with Gasteiger partial charge in [0.1, 0.15) is 5.75 Å². The van der Waals surface area contributed by atoms with Gasteiger partial charge in [0.05, 0.1) is 13.2 Å². The van der Waals surface area contributed by atoms with Crippen LogP contribution in [0.2, 0.25) is 0 Å². The molecule has 1 saturated heterocycles. The highest BCUT2D eigenvalue weighted by atomic mass is 16.7.